The summed E-state index contributed by atoms with van der Waals surface area (Å²) in [5, 5.41) is 14.2. The van der Waals surface area contributed by atoms with Crippen LogP contribution in [0.4, 0.5) is 22.7 Å². The zero-order valence-electron chi connectivity index (χ0n) is 12.7. The van der Waals surface area contributed by atoms with E-state index in [4.69, 9.17) is 4.74 Å². The van der Waals surface area contributed by atoms with Crippen LogP contribution in [0, 0.1) is 17.0 Å². The number of hydrogen-bond acceptors (Lipinski definition) is 5. The van der Waals surface area contributed by atoms with Gasteiger partial charge in [-0.15, -0.1) is 0 Å². The molecule has 1 aliphatic heterocycles. The molecule has 1 N–H and O–H groups in total. The highest BCUT2D eigenvalue weighted by atomic mass is 16.6. The third-order valence-electron chi connectivity index (χ3n) is 3.67. The van der Waals surface area contributed by atoms with E-state index in [9.17, 15) is 14.9 Å². The molecule has 1 amide bonds. The molecule has 0 unspecified atom stereocenters. The van der Waals surface area contributed by atoms with Gasteiger partial charge in [-0.2, -0.15) is 0 Å². The number of hydrogen-bond donors (Lipinski definition) is 1. The lowest BCUT2D eigenvalue weighted by Gasteiger charge is -2.26. The molecule has 1 aliphatic rings. The summed E-state index contributed by atoms with van der Waals surface area (Å²) in [6, 6.07) is 10.2. The number of amides is 1. The maximum atomic E-state index is 11.7. The zero-order valence-corrected chi connectivity index (χ0v) is 12.7. The fraction of sp³-hybridized carbons (Fsp3) is 0.188. The molecular formula is C16H15N3O4. The van der Waals surface area contributed by atoms with Gasteiger partial charge in [0.25, 0.3) is 11.6 Å². The van der Waals surface area contributed by atoms with Crippen molar-refractivity contribution >= 4 is 28.7 Å². The van der Waals surface area contributed by atoms with E-state index in [2.05, 4.69) is 5.32 Å². The molecule has 1 heterocycles. The summed E-state index contributed by atoms with van der Waals surface area (Å²) in [5.74, 6) is 0.465. The summed E-state index contributed by atoms with van der Waals surface area (Å²) < 4.78 is 5.36. The predicted molar refractivity (Wildman–Crippen MR) is 86.5 cm³/mol. The number of fused-ring (bicyclic) bond motifs is 1. The van der Waals surface area contributed by atoms with E-state index in [1.165, 1.54) is 11.0 Å². The maximum absolute atomic E-state index is 11.7. The minimum atomic E-state index is -0.424. The number of nitro groups is 1. The second-order valence-corrected chi connectivity index (χ2v) is 5.33. The van der Waals surface area contributed by atoms with E-state index in [1.807, 2.05) is 0 Å². The summed E-state index contributed by atoms with van der Waals surface area (Å²) in [6.07, 6.45) is 0. The van der Waals surface area contributed by atoms with Gasteiger partial charge >= 0.3 is 0 Å². The standard InChI is InChI=1S/C16H15N3O4/c1-10-3-5-12(13(7-10)19(21)22)17-11-4-6-15-14(8-11)18(2)16(20)9-23-15/h3-8,17H,9H2,1-2H3. The molecule has 0 atom stereocenters. The average molecular weight is 313 g/mol. The summed E-state index contributed by atoms with van der Waals surface area (Å²) in [4.78, 5) is 24.0. The van der Waals surface area contributed by atoms with E-state index in [0.717, 1.165) is 5.56 Å². The Morgan fingerprint density at radius 2 is 2.04 bits per heavy atom. The van der Waals surface area contributed by atoms with Crippen molar-refractivity contribution in [1.29, 1.82) is 0 Å². The van der Waals surface area contributed by atoms with E-state index in [0.29, 0.717) is 22.8 Å². The predicted octanol–water partition coefficient (Wildman–Crippen LogP) is 3.00. The fourth-order valence-corrected chi connectivity index (χ4v) is 2.40. The number of carbonyl (C=O) groups is 1. The minimum Gasteiger partial charge on any atom is -0.482 e. The Labute approximate surface area is 132 Å². The number of anilines is 3. The highest BCUT2D eigenvalue weighted by molar-refractivity contribution is 5.98. The van der Waals surface area contributed by atoms with E-state index in [-0.39, 0.29) is 18.2 Å². The highest BCUT2D eigenvalue weighted by Crippen LogP contribution is 2.36. The number of carbonyl (C=O) groups excluding carboxylic acids is 1. The first kappa shape index (κ1) is 14.8. The Hall–Kier alpha value is -3.09. The lowest BCUT2D eigenvalue weighted by atomic mass is 10.1. The Bertz CT molecular complexity index is 804. The summed E-state index contributed by atoms with van der Waals surface area (Å²) in [6.45, 7) is 1.81. The Morgan fingerprint density at radius 3 is 2.78 bits per heavy atom. The number of nitrogens with zero attached hydrogens (tertiary/aromatic N) is 2. The molecule has 118 valence electrons. The molecule has 2 aromatic carbocycles. The van der Waals surface area contributed by atoms with Gasteiger partial charge in [0, 0.05) is 18.8 Å². The number of nitro benzene ring substituents is 1. The Kier molecular flexibility index (Phi) is 3.61. The monoisotopic (exact) mass is 313 g/mol. The quantitative estimate of drug-likeness (QED) is 0.695. The van der Waals surface area contributed by atoms with Crippen molar-refractivity contribution in [3.05, 3.63) is 52.1 Å². The highest BCUT2D eigenvalue weighted by Gasteiger charge is 2.23. The van der Waals surface area contributed by atoms with Crippen LogP contribution >= 0.6 is 0 Å². The molecule has 0 aliphatic carbocycles. The van der Waals surface area contributed by atoms with Crippen molar-refractivity contribution in [3.63, 3.8) is 0 Å². The largest absolute Gasteiger partial charge is 0.482 e. The molecular weight excluding hydrogens is 298 g/mol. The number of rotatable bonds is 3. The fourth-order valence-electron chi connectivity index (χ4n) is 2.40. The van der Waals surface area contributed by atoms with Crippen molar-refractivity contribution < 1.29 is 14.5 Å². The summed E-state index contributed by atoms with van der Waals surface area (Å²) in [5.41, 5.74) is 2.47. The molecule has 7 nitrogen and oxygen atoms in total. The number of aryl methyl sites for hydroxylation is 1. The smallest absolute Gasteiger partial charge is 0.292 e. The van der Waals surface area contributed by atoms with Crippen molar-refractivity contribution in [1.82, 2.24) is 0 Å². The molecule has 0 saturated carbocycles. The van der Waals surface area contributed by atoms with Crippen LogP contribution in [-0.2, 0) is 4.79 Å². The van der Waals surface area contributed by atoms with Crippen molar-refractivity contribution in [3.8, 4) is 5.75 Å². The summed E-state index contributed by atoms with van der Waals surface area (Å²) in [7, 11) is 1.67. The average Bonchev–Trinajstić information content (AvgIpc) is 2.53. The molecule has 23 heavy (non-hydrogen) atoms. The first-order valence-corrected chi connectivity index (χ1v) is 7.01. The van der Waals surface area contributed by atoms with Crippen LogP contribution in [0.15, 0.2) is 36.4 Å². The summed E-state index contributed by atoms with van der Waals surface area (Å²) >= 11 is 0. The molecule has 0 saturated heterocycles. The third-order valence-corrected chi connectivity index (χ3v) is 3.67. The van der Waals surface area contributed by atoms with Crippen molar-refractivity contribution in [2.45, 2.75) is 6.92 Å². The van der Waals surface area contributed by atoms with Crippen LogP contribution in [0.3, 0.4) is 0 Å². The van der Waals surface area contributed by atoms with Gasteiger partial charge in [-0.05, 0) is 36.8 Å². The number of likely N-dealkylation sites (N-methyl/N-ethyl adjacent to an activating group) is 1. The zero-order chi connectivity index (χ0) is 16.6. The molecule has 2 aromatic rings. The minimum absolute atomic E-state index is 0.00315. The lowest BCUT2D eigenvalue weighted by molar-refractivity contribution is -0.384. The van der Waals surface area contributed by atoms with Gasteiger partial charge in [0.15, 0.2) is 6.61 Å². The van der Waals surface area contributed by atoms with E-state index >= 15 is 0 Å². The molecule has 0 bridgehead atoms. The number of benzene rings is 2. The van der Waals surface area contributed by atoms with Crippen LogP contribution in [-0.4, -0.2) is 24.5 Å². The Morgan fingerprint density at radius 1 is 1.26 bits per heavy atom. The van der Waals surface area contributed by atoms with Gasteiger partial charge < -0.3 is 15.0 Å². The Balaban J connectivity index is 1.96. The number of nitrogens with one attached hydrogen (secondary N) is 1. The van der Waals surface area contributed by atoms with Crippen LogP contribution in [0.2, 0.25) is 0 Å². The second kappa shape index (κ2) is 5.60. The molecule has 0 radical (unpaired) electrons. The molecule has 0 aromatic heterocycles. The van der Waals surface area contributed by atoms with Crippen LogP contribution < -0.4 is 15.0 Å². The van der Waals surface area contributed by atoms with Gasteiger partial charge in [0.2, 0.25) is 0 Å². The van der Waals surface area contributed by atoms with Crippen LogP contribution in [0.1, 0.15) is 5.56 Å². The third kappa shape index (κ3) is 2.80. The van der Waals surface area contributed by atoms with Crippen molar-refractivity contribution in [2.24, 2.45) is 0 Å². The van der Waals surface area contributed by atoms with E-state index < -0.39 is 4.92 Å². The van der Waals surface area contributed by atoms with Gasteiger partial charge in [-0.3, -0.25) is 14.9 Å². The first-order chi connectivity index (χ1) is 11.0. The van der Waals surface area contributed by atoms with Crippen molar-refractivity contribution in [2.75, 3.05) is 23.9 Å². The first-order valence-electron chi connectivity index (χ1n) is 7.01. The van der Waals surface area contributed by atoms with Crippen LogP contribution in [0.5, 0.6) is 5.75 Å². The number of ether oxygens (including phenoxy) is 1. The SMILES string of the molecule is Cc1ccc(Nc2ccc3c(c2)N(C)C(=O)CO3)c([N+](=O)[O-])c1. The lowest BCUT2D eigenvalue weighted by Crippen LogP contribution is -2.35. The normalized spacial score (nSPS) is 13.3. The molecule has 0 spiro atoms. The van der Waals surface area contributed by atoms with Crippen LogP contribution in [0.25, 0.3) is 0 Å². The van der Waals surface area contributed by atoms with Gasteiger partial charge in [-0.1, -0.05) is 6.07 Å². The van der Waals surface area contributed by atoms with Gasteiger partial charge in [0.1, 0.15) is 11.4 Å². The van der Waals surface area contributed by atoms with Gasteiger partial charge in [0.05, 0.1) is 10.6 Å². The van der Waals surface area contributed by atoms with E-state index in [1.54, 1.807) is 44.3 Å². The molecule has 3 rings (SSSR count). The topological polar surface area (TPSA) is 84.7 Å². The van der Waals surface area contributed by atoms with Gasteiger partial charge in [-0.25, -0.2) is 0 Å². The second-order valence-electron chi connectivity index (χ2n) is 5.33. The molecule has 0 fully saturated rings. The molecule has 7 heteroatoms. The maximum Gasteiger partial charge on any atom is 0.292 e.